The molecule has 3 N–H and O–H groups in total. The summed E-state index contributed by atoms with van der Waals surface area (Å²) in [5.74, 6) is 0. The van der Waals surface area contributed by atoms with Gasteiger partial charge in [0.05, 0.1) is 24.2 Å². The number of pyridine rings is 1. The number of aromatic nitrogens is 1. The highest BCUT2D eigenvalue weighted by atomic mass is 16.3. The minimum absolute atomic E-state index is 0.0653. The van der Waals surface area contributed by atoms with E-state index in [4.69, 9.17) is 5.73 Å². The molecule has 0 aliphatic heterocycles. The molecule has 1 aromatic heterocycles. The zero-order chi connectivity index (χ0) is 14.4. The number of hydrogen-bond acceptors (Lipinski definition) is 4. The smallest absolute Gasteiger partial charge is 0.0606 e. The van der Waals surface area contributed by atoms with Crippen LogP contribution in [0.5, 0.6) is 0 Å². The fraction of sp³-hybridized carbons (Fsp3) is 0.312. The van der Waals surface area contributed by atoms with Gasteiger partial charge in [0.25, 0.3) is 0 Å². The minimum atomic E-state index is -0.0653. The second-order valence-electron chi connectivity index (χ2n) is 4.86. The van der Waals surface area contributed by atoms with Gasteiger partial charge in [0.15, 0.2) is 0 Å². The van der Waals surface area contributed by atoms with Crippen LogP contribution in [0.1, 0.15) is 24.2 Å². The highest BCUT2D eigenvalue weighted by molar-refractivity contribution is 5.45. The average molecular weight is 271 g/mol. The van der Waals surface area contributed by atoms with Crippen LogP contribution in [-0.2, 0) is 6.54 Å². The van der Waals surface area contributed by atoms with Crippen LogP contribution in [-0.4, -0.2) is 23.2 Å². The van der Waals surface area contributed by atoms with Crippen molar-refractivity contribution in [2.24, 2.45) is 5.73 Å². The Morgan fingerprint density at radius 1 is 1.20 bits per heavy atom. The van der Waals surface area contributed by atoms with E-state index in [1.54, 1.807) is 0 Å². The summed E-state index contributed by atoms with van der Waals surface area (Å²) in [5.41, 5.74) is 8.88. The minimum Gasteiger partial charge on any atom is -0.395 e. The van der Waals surface area contributed by atoms with Gasteiger partial charge < -0.3 is 15.7 Å². The molecule has 0 aliphatic rings. The molecule has 4 nitrogen and oxygen atoms in total. The van der Waals surface area contributed by atoms with Crippen molar-refractivity contribution in [3.63, 3.8) is 0 Å². The van der Waals surface area contributed by atoms with Gasteiger partial charge in [-0.1, -0.05) is 30.3 Å². The van der Waals surface area contributed by atoms with E-state index in [0.29, 0.717) is 6.54 Å². The third-order valence-electron chi connectivity index (χ3n) is 3.19. The Bertz CT molecular complexity index is 511. The molecular formula is C16H21N3O. The summed E-state index contributed by atoms with van der Waals surface area (Å²) in [6.45, 7) is 3.36. The van der Waals surface area contributed by atoms with Crippen molar-refractivity contribution in [1.82, 2.24) is 4.98 Å². The van der Waals surface area contributed by atoms with Gasteiger partial charge in [0.1, 0.15) is 0 Å². The van der Waals surface area contributed by atoms with Crippen LogP contribution >= 0.6 is 0 Å². The normalized spacial score (nSPS) is 12.2. The van der Waals surface area contributed by atoms with Gasteiger partial charge in [-0.15, -0.1) is 0 Å². The molecule has 0 saturated heterocycles. The molecule has 106 valence electrons. The summed E-state index contributed by atoms with van der Waals surface area (Å²) >= 11 is 0. The molecule has 1 unspecified atom stereocenters. The molecule has 2 rings (SSSR count). The van der Waals surface area contributed by atoms with Gasteiger partial charge in [0, 0.05) is 19.1 Å². The number of nitrogens with two attached hydrogens (primary N) is 1. The number of hydrogen-bond donors (Lipinski definition) is 2. The Balaban J connectivity index is 2.15. The first kappa shape index (κ1) is 14.5. The van der Waals surface area contributed by atoms with E-state index in [1.807, 2.05) is 43.5 Å². The number of aliphatic hydroxyl groups is 1. The van der Waals surface area contributed by atoms with Gasteiger partial charge >= 0.3 is 0 Å². The molecule has 0 fully saturated rings. The zero-order valence-corrected chi connectivity index (χ0v) is 11.7. The average Bonchev–Trinajstić information content (AvgIpc) is 2.48. The van der Waals surface area contributed by atoms with Crippen molar-refractivity contribution in [3.8, 4) is 0 Å². The molecule has 1 atom stereocenters. The summed E-state index contributed by atoms with van der Waals surface area (Å²) in [6.07, 6.45) is 1.82. The molecule has 1 aromatic carbocycles. The number of nitrogens with zero attached hydrogens (tertiary/aromatic N) is 2. The summed E-state index contributed by atoms with van der Waals surface area (Å²) in [7, 11) is 0. The molecule has 0 radical (unpaired) electrons. The van der Waals surface area contributed by atoms with E-state index in [1.165, 1.54) is 5.56 Å². The molecule has 0 aliphatic carbocycles. The Kier molecular flexibility index (Phi) is 5.09. The van der Waals surface area contributed by atoms with Crippen molar-refractivity contribution in [3.05, 3.63) is 59.9 Å². The lowest BCUT2D eigenvalue weighted by Gasteiger charge is -2.24. The van der Waals surface area contributed by atoms with E-state index < -0.39 is 0 Å². The summed E-state index contributed by atoms with van der Waals surface area (Å²) in [4.78, 5) is 6.48. The number of aliphatic hydroxyl groups excluding tert-OH is 1. The molecule has 0 saturated carbocycles. The monoisotopic (exact) mass is 271 g/mol. The Labute approximate surface area is 119 Å². The van der Waals surface area contributed by atoms with Crippen LogP contribution < -0.4 is 10.6 Å². The first-order valence-corrected chi connectivity index (χ1v) is 6.82. The van der Waals surface area contributed by atoms with E-state index >= 15 is 0 Å². The van der Waals surface area contributed by atoms with Crippen LogP contribution in [0, 0.1) is 0 Å². The molecule has 20 heavy (non-hydrogen) atoms. The second-order valence-corrected chi connectivity index (χ2v) is 4.86. The van der Waals surface area contributed by atoms with Gasteiger partial charge in [0.2, 0.25) is 0 Å². The molecule has 1 heterocycles. The van der Waals surface area contributed by atoms with E-state index in [0.717, 1.165) is 17.9 Å². The highest BCUT2D eigenvalue weighted by Crippen LogP contribution is 2.17. The van der Waals surface area contributed by atoms with Gasteiger partial charge in [-0.25, -0.2) is 0 Å². The first-order valence-electron chi connectivity index (χ1n) is 6.82. The first-order chi connectivity index (χ1) is 9.70. The van der Waals surface area contributed by atoms with E-state index in [-0.39, 0.29) is 12.6 Å². The largest absolute Gasteiger partial charge is 0.395 e. The summed E-state index contributed by atoms with van der Waals surface area (Å²) in [5, 5.41) is 9.24. The standard InChI is InChI=1S/C16H21N3O/c1-13(17)16-8-7-15(11-18-16)19(9-10-20)12-14-5-3-2-4-6-14/h2-8,11,13,20H,9-10,12,17H2,1H3. The maximum absolute atomic E-state index is 9.24. The Morgan fingerprint density at radius 2 is 1.95 bits per heavy atom. The molecule has 0 bridgehead atoms. The number of benzene rings is 1. The Morgan fingerprint density at radius 3 is 2.50 bits per heavy atom. The predicted octanol–water partition coefficient (Wildman–Crippen LogP) is 2.10. The topological polar surface area (TPSA) is 62.4 Å². The predicted molar refractivity (Wildman–Crippen MR) is 81.4 cm³/mol. The lowest BCUT2D eigenvalue weighted by atomic mass is 10.2. The van der Waals surface area contributed by atoms with Crippen molar-refractivity contribution < 1.29 is 5.11 Å². The van der Waals surface area contributed by atoms with Crippen LogP contribution in [0.2, 0.25) is 0 Å². The maximum Gasteiger partial charge on any atom is 0.0606 e. The Hall–Kier alpha value is -1.91. The lowest BCUT2D eigenvalue weighted by molar-refractivity contribution is 0.301. The fourth-order valence-corrected chi connectivity index (χ4v) is 2.08. The molecule has 0 amide bonds. The van der Waals surface area contributed by atoms with Gasteiger partial charge in [-0.05, 0) is 24.6 Å². The van der Waals surface area contributed by atoms with Gasteiger partial charge in [-0.2, -0.15) is 0 Å². The second kappa shape index (κ2) is 7.03. The van der Waals surface area contributed by atoms with Crippen molar-refractivity contribution in [2.45, 2.75) is 19.5 Å². The SMILES string of the molecule is CC(N)c1ccc(N(CCO)Cc2ccccc2)cn1. The van der Waals surface area contributed by atoms with E-state index in [9.17, 15) is 5.11 Å². The number of anilines is 1. The van der Waals surface area contributed by atoms with Crippen molar-refractivity contribution in [1.29, 1.82) is 0 Å². The fourth-order valence-electron chi connectivity index (χ4n) is 2.08. The number of rotatable bonds is 6. The summed E-state index contributed by atoms with van der Waals surface area (Å²) < 4.78 is 0. The van der Waals surface area contributed by atoms with Gasteiger partial charge in [-0.3, -0.25) is 4.98 Å². The van der Waals surface area contributed by atoms with Crippen LogP contribution in [0.4, 0.5) is 5.69 Å². The molecular weight excluding hydrogens is 250 g/mol. The lowest BCUT2D eigenvalue weighted by Crippen LogP contribution is -2.26. The quantitative estimate of drug-likeness (QED) is 0.844. The van der Waals surface area contributed by atoms with Crippen molar-refractivity contribution >= 4 is 5.69 Å². The summed E-state index contributed by atoms with van der Waals surface area (Å²) in [6, 6.07) is 14.1. The maximum atomic E-state index is 9.24. The molecule has 0 spiro atoms. The third kappa shape index (κ3) is 3.79. The zero-order valence-electron chi connectivity index (χ0n) is 11.7. The van der Waals surface area contributed by atoms with Crippen LogP contribution in [0.3, 0.4) is 0 Å². The van der Waals surface area contributed by atoms with E-state index in [2.05, 4.69) is 22.0 Å². The molecule has 4 heteroatoms. The van der Waals surface area contributed by atoms with Crippen LogP contribution in [0.25, 0.3) is 0 Å². The highest BCUT2D eigenvalue weighted by Gasteiger charge is 2.08. The third-order valence-corrected chi connectivity index (χ3v) is 3.19. The van der Waals surface area contributed by atoms with Crippen molar-refractivity contribution in [2.75, 3.05) is 18.1 Å². The molecule has 2 aromatic rings. The van der Waals surface area contributed by atoms with Crippen LogP contribution in [0.15, 0.2) is 48.7 Å².